The molecule has 11 nitrogen and oxygen atoms in total. The summed E-state index contributed by atoms with van der Waals surface area (Å²) in [7, 11) is -4.07. The number of phosphoric acid groups is 1. The Balaban J connectivity index is 1.48. The minimum atomic E-state index is -3.99. The number of carbonyl (C=O) groups is 2. The van der Waals surface area contributed by atoms with Crippen molar-refractivity contribution in [1.82, 2.24) is 9.88 Å². The normalized spacial score (nSPS) is 15.9. The van der Waals surface area contributed by atoms with Gasteiger partial charge in [0.2, 0.25) is 5.91 Å². The number of nitrogens with zero attached hydrogens (tertiary/aromatic N) is 3. The fourth-order valence-corrected chi connectivity index (χ4v) is 7.34. The van der Waals surface area contributed by atoms with E-state index in [0.717, 1.165) is 33.8 Å². The van der Waals surface area contributed by atoms with Crippen molar-refractivity contribution in [3.05, 3.63) is 59.5 Å². The van der Waals surface area contributed by atoms with Gasteiger partial charge in [-0.15, -0.1) is 0 Å². The lowest BCUT2D eigenvalue weighted by Gasteiger charge is -2.39. The Hall–Kier alpha value is -2.80. The van der Waals surface area contributed by atoms with Gasteiger partial charge in [0.1, 0.15) is 23.6 Å². The van der Waals surface area contributed by atoms with Crippen molar-refractivity contribution in [1.29, 1.82) is 0 Å². The molecule has 266 valence electrons. The molecule has 48 heavy (non-hydrogen) atoms. The van der Waals surface area contributed by atoms with Gasteiger partial charge in [0.15, 0.2) is 5.82 Å². The first-order chi connectivity index (χ1) is 22.3. The summed E-state index contributed by atoms with van der Waals surface area (Å²) in [5.74, 6) is 1.99. The molecule has 14 heteroatoms. The van der Waals surface area contributed by atoms with Crippen molar-refractivity contribution in [3.63, 3.8) is 0 Å². The molecule has 0 spiro atoms. The van der Waals surface area contributed by atoms with Crippen molar-refractivity contribution in [2.24, 2.45) is 0 Å². The predicted octanol–water partition coefficient (Wildman–Crippen LogP) is 6.85. The van der Waals surface area contributed by atoms with Crippen LogP contribution in [-0.4, -0.2) is 103 Å². The zero-order chi connectivity index (χ0) is 35.5. The number of amides is 2. The van der Waals surface area contributed by atoms with Crippen molar-refractivity contribution in [2.75, 3.05) is 86.2 Å². The molecule has 0 radical (unpaired) electrons. The maximum absolute atomic E-state index is 13.8. The van der Waals surface area contributed by atoms with Crippen molar-refractivity contribution >= 4 is 68.2 Å². The van der Waals surface area contributed by atoms with Gasteiger partial charge in [-0.1, -0.05) is 18.2 Å². The molecule has 0 unspecified atom stereocenters. The highest BCUT2D eigenvalue weighted by Gasteiger charge is 2.41. The Bertz CT molecular complexity index is 1690. The molecule has 2 amide bonds. The van der Waals surface area contributed by atoms with Crippen LogP contribution in [0.5, 0.6) is 0 Å². The second kappa shape index (κ2) is 15.0. The molecule has 1 aliphatic rings. The summed E-state index contributed by atoms with van der Waals surface area (Å²) in [6.07, 6.45) is 17.6. The van der Waals surface area contributed by atoms with E-state index in [2.05, 4.69) is 47.8 Å². The second-order valence-corrected chi connectivity index (χ2v) is 25.1. The van der Waals surface area contributed by atoms with E-state index in [9.17, 15) is 14.2 Å². The van der Waals surface area contributed by atoms with Crippen LogP contribution in [-0.2, 0) is 34.3 Å². The molecule has 0 bridgehead atoms. The molecule has 1 aliphatic heterocycles. The van der Waals surface area contributed by atoms with Crippen LogP contribution in [0.25, 0.3) is 17.0 Å². The summed E-state index contributed by atoms with van der Waals surface area (Å²) in [6, 6.07) is 9.61. The lowest BCUT2D eigenvalue weighted by molar-refractivity contribution is -0.125. The van der Waals surface area contributed by atoms with E-state index in [1.807, 2.05) is 37.3 Å². The number of rotatable bonds is 15. The first kappa shape index (κ1) is 38.0. The minimum Gasteiger partial charge on any atom is -0.459 e. The number of hydrogen-bond donors (Lipinski definition) is 1. The summed E-state index contributed by atoms with van der Waals surface area (Å²) in [5.41, 5.74) is 2.00. The van der Waals surface area contributed by atoms with Crippen LogP contribution in [0, 0.1) is 6.92 Å². The molecule has 0 fully saturated rings. The van der Waals surface area contributed by atoms with Gasteiger partial charge in [-0.05, 0) is 82.1 Å². The fourth-order valence-electron chi connectivity index (χ4n) is 4.82. The molecule has 0 atom stereocenters. The average Bonchev–Trinajstić information content (AvgIpc) is 3.29. The molecular weight excluding hydrogens is 672 g/mol. The monoisotopic (exact) mass is 722 g/mol. The van der Waals surface area contributed by atoms with E-state index >= 15 is 0 Å². The lowest BCUT2D eigenvalue weighted by atomic mass is 9.99. The van der Waals surface area contributed by atoms with Crippen LogP contribution >= 0.6 is 27.9 Å². The molecule has 0 saturated heterocycles. The number of fused-ring (bicyclic) bond motifs is 2. The number of nitrogens with one attached hydrogen (secondary N) is 1. The highest BCUT2D eigenvalue weighted by atomic mass is 32.3. The maximum Gasteiger partial charge on any atom is 0.476 e. The van der Waals surface area contributed by atoms with Crippen LogP contribution < -0.4 is 10.2 Å². The van der Waals surface area contributed by atoms with Gasteiger partial charge in [-0.3, -0.25) is 28.1 Å². The number of phosphoric ester groups is 1. The third-order valence-electron chi connectivity index (χ3n) is 7.72. The highest BCUT2D eigenvalue weighted by molar-refractivity contribution is 8.32. The van der Waals surface area contributed by atoms with Gasteiger partial charge in [0, 0.05) is 41.8 Å². The number of anilines is 2. The van der Waals surface area contributed by atoms with Crippen molar-refractivity contribution in [3.8, 4) is 0 Å². The second-order valence-electron chi connectivity index (χ2n) is 14.3. The standard InChI is InChI=1S/C34H51N4O7PS2/c1-25-27-13-11-12-14-29(27)45-30(25)23-37(4)31(39)16-15-26-21-28-32(35-22-26)38(33(40)34(2,3)36-28)24-44-46(41,42-17-19-47(5,6)7)43-18-20-48(8,9)10/h11-16,21-22,36H,17-20,23-24H2,1-10H3/b16-15+. The van der Waals surface area contributed by atoms with Gasteiger partial charge >= 0.3 is 7.82 Å². The number of hydrogen-bond acceptors (Lipinski definition) is 9. The van der Waals surface area contributed by atoms with E-state index in [4.69, 9.17) is 18.0 Å². The number of benzene rings is 1. The largest absolute Gasteiger partial charge is 0.476 e. The molecule has 2 aromatic heterocycles. The van der Waals surface area contributed by atoms with Crippen LogP contribution in [0.15, 0.2) is 47.0 Å². The summed E-state index contributed by atoms with van der Waals surface area (Å²) in [5, 5.41) is 4.27. The van der Waals surface area contributed by atoms with Gasteiger partial charge in [0.05, 0.1) is 25.4 Å². The number of likely N-dealkylation sites (N-methyl/N-ethyl adjacent to an activating group) is 1. The van der Waals surface area contributed by atoms with Gasteiger partial charge in [-0.2, -0.15) is 0 Å². The number of para-hydroxylation sites is 1. The Morgan fingerprint density at radius 1 is 1.06 bits per heavy atom. The third kappa shape index (κ3) is 10.1. The van der Waals surface area contributed by atoms with E-state index in [-0.39, 0.29) is 31.8 Å². The molecule has 1 aromatic carbocycles. The highest BCUT2D eigenvalue weighted by Crippen LogP contribution is 2.52. The molecular formula is C34H51N4O7PS2. The topological polar surface area (TPSA) is 123 Å². The quantitative estimate of drug-likeness (QED) is 0.133. The van der Waals surface area contributed by atoms with E-state index in [0.29, 0.717) is 23.6 Å². The van der Waals surface area contributed by atoms with Crippen LogP contribution in [0.4, 0.5) is 11.5 Å². The summed E-state index contributed by atoms with van der Waals surface area (Å²) in [6.45, 7) is 5.87. The van der Waals surface area contributed by atoms with Crippen molar-refractivity contribution < 1.29 is 32.1 Å². The average molecular weight is 723 g/mol. The molecule has 0 aliphatic carbocycles. The predicted molar refractivity (Wildman–Crippen MR) is 202 cm³/mol. The zero-order valence-corrected chi connectivity index (χ0v) is 32.4. The van der Waals surface area contributed by atoms with E-state index in [1.165, 1.54) is 11.0 Å². The summed E-state index contributed by atoms with van der Waals surface area (Å²) in [4.78, 5) is 34.0. The number of aryl methyl sites for hydroxylation is 1. The number of carbonyl (C=O) groups excluding carboxylic acids is 2. The number of furan rings is 1. The summed E-state index contributed by atoms with van der Waals surface area (Å²) < 4.78 is 37.1. The molecule has 0 saturated carbocycles. The zero-order valence-electron chi connectivity index (χ0n) is 29.8. The van der Waals surface area contributed by atoms with Gasteiger partial charge in [0.25, 0.3) is 5.91 Å². The first-order valence-corrected chi connectivity index (χ1v) is 23.1. The molecule has 3 aromatic rings. The molecule has 4 rings (SSSR count). The smallest absolute Gasteiger partial charge is 0.459 e. The molecule has 1 N–H and O–H groups in total. The maximum atomic E-state index is 13.8. The van der Waals surface area contributed by atoms with Crippen LogP contribution in [0.3, 0.4) is 0 Å². The van der Waals surface area contributed by atoms with Crippen LogP contribution in [0.2, 0.25) is 0 Å². The SMILES string of the molecule is Cc1c(CN(C)C(=O)/C=C/c2cnc3c(c2)NC(C)(C)C(=O)N3COP(=O)(OCCS(C)(C)C)OCCS(C)(C)C)oc2ccccc12. The van der Waals surface area contributed by atoms with Gasteiger partial charge in [-0.25, -0.2) is 29.6 Å². The van der Waals surface area contributed by atoms with E-state index in [1.54, 1.807) is 38.1 Å². The first-order valence-electron chi connectivity index (χ1n) is 15.6. The fraction of sp³-hybridized carbons (Fsp3) is 0.500. The molecule has 3 heterocycles. The summed E-state index contributed by atoms with van der Waals surface area (Å²) >= 11 is 0. The lowest BCUT2D eigenvalue weighted by Crippen LogP contribution is -2.54. The van der Waals surface area contributed by atoms with Crippen LogP contribution in [0.1, 0.15) is 30.7 Å². The Morgan fingerprint density at radius 3 is 2.29 bits per heavy atom. The Morgan fingerprint density at radius 2 is 1.69 bits per heavy atom. The minimum absolute atomic E-state index is 0.206. The Kier molecular flexibility index (Phi) is 11.9. The third-order valence-corrected chi connectivity index (χ3v) is 11.9. The number of pyridine rings is 1. The van der Waals surface area contributed by atoms with E-state index < -0.39 is 33.4 Å². The Labute approximate surface area is 288 Å². The van der Waals surface area contributed by atoms with Gasteiger partial charge < -0.3 is 14.6 Å². The number of aromatic nitrogens is 1. The van der Waals surface area contributed by atoms with Crippen molar-refractivity contribution in [2.45, 2.75) is 32.9 Å².